The highest BCUT2D eigenvalue weighted by Crippen LogP contribution is 2.27. The van der Waals surface area contributed by atoms with E-state index in [4.69, 9.17) is 0 Å². The Hall–Kier alpha value is -1.43. The van der Waals surface area contributed by atoms with Gasteiger partial charge in [0, 0.05) is 12.1 Å². The highest BCUT2D eigenvalue weighted by molar-refractivity contribution is 7.16. The Morgan fingerprint density at radius 1 is 0.885 bits per heavy atom. The van der Waals surface area contributed by atoms with Crippen molar-refractivity contribution in [2.75, 3.05) is 0 Å². The van der Waals surface area contributed by atoms with E-state index in [1.54, 1.807) is 0 Å². The number of hydrogen-bond acceptors (Lipinski definition) is 3. The van der Waals surface area contributed by atoms with E-state index in [2.05, 4.69) is 24.5 Å². The summed E-state index contributed by atoms with van der Waals surface area (Å²) in [5.74, 6) is 0.149. The Morgan fingerprint density at radius 2 is 1.35 bits per heavy atom. The Kier molecular flexibility index (Phi) is 6.33. The van der Waals surface area contributed by atoms with Crippen LogP contribution >= 0.6 is 11.3 Å². The first-order chi connectivity index (χ1) is 12.4. The van der Waals surface area contributed by atoms with Crippen LogP contribution < -0.4 is 10.6 Å². The Morgan fingerprint density at radius 3 is 1.85 bits per heavy atom. The molecule has 0 unspecified atom stereocenters. The highest BCUT2D eigenvalue weighted by atomic mass is 32.1. The molecule has 2 saturated carbocycles. The zero-order valence-corrected chi connectivity index (χ0v) is 16.5. The molecule has 0 bridgehead atoms. The van der Waals surface area contributed by atoms with E-state index in [1.165, 1.54) is 6.07 Å². The van der Waals surface area contributed by atoms with Crippen molar-refractivity contribution < 1.29 is 14.0 Å². The molecule has 2 N–H and O–H groups in total. The van der Waals surface area contributed by atoms with Crippen LogP contribution in [0.2, 0.25) is 0 Å². The van der Waals surface area contributed by atoms with Crippen molar-refractivity contribution >= 4 is 23.2 Å². The summed E-state index contributed by atoms with van der Waals surface area (Å²) in [6.45, 7) is 4.44. The average molecular weight is 381 g/mol. The average Bonchev–Trinajstić information content (AvgIpc) is 3.01. The molecule has 0 aliphatic heterocycles. The molecule has 144 valence electrons. The van der Waals surface area contributed by atoms with Crippen LogP contribution in [0, 0.1) is 17.7 Å². The van der Waals surface area contributed by atoms with Gasteiger partial charge in [0.15, 0.2) is 0 Å². The molecule has 26 heavy (non-hydrogen) atoms. The fourth-order valence-corrected chi connectivity index (χ4v) is 4.79. The smallest absolute Gasteiger partial charge is 0.264 e. The van der Waals surface area contributed by atoms with E-state index in [0.29, 0.717) is 11.8 Å². The molecule has 0 radical (unpaired) electrons. The van der Waals surface area contributed by atoms with Gasteiger partial charge in [-0.05, 0) is 69.3 Å². The third-order valence-electron chi connectivity index (χ3n) is 5.82. The van der Waals surface area contributed by atoms with Crippen molar-refractivity contribution in [3.8, 4) is 0 Å². The van der Waals surface area contributed by atoms with E-state index in [9.17, 15) is 14.0 Å². The second-order valence-electron chi connectivity index (χ2n) is 8.15. The fraction of sp³-hybridized carbons (Fsp3) is 0.700. The number of carbonyl (C=O) groups is 2. The Bertz CT molecular complexity index is 644. The van der Waals surface area contributed by atoms with Crippen molar-refractivity contribution in [1.82, 2.24) is 10.6 Å². The predicted octanol–water partition coefficient (Wildman–Crippen LogP) is 4.50. The van der Waals surface area contributed by atoms with Crippen molar-refractivity contribution in [3.05, 3.63) is 21.6 Å². The molecule has 2 aliphatic carbocycles. The number of nitrogens with one attached hydrogen (secondary N) is 2. The van der Waals surface area contributed by atoms with Crippen LogP contribution in [-0.4, -0.2) is 23.9 Å². The third kappa shape index (κ3) is 4.84. The van der Waals surface area contributed by atoms with Crippen molar-refractivity contribution in [1.29, 1.82) is 0 Å². The zero-order valence-electron chi connectivity index (χ0n) is 15.6. The van der Waals surface area contributed by atoms with Gasteiger partial charge >= 0.3 is 0 Å². The molecule has 3 rings (SSSR count). The molecule has 0 spiro atoms. The lowest BCUT2D eigenvalue weighted by molar-refractivity contribution is 0.0917. The van der Waals surface area contributed by atoms with Gasteiger partial charge in [0.25, 0.3) is 11.8 Å². The first kappa shape index (κ1) is 19.3. The summed E-state index contributed by atoms with van der Waals surface area (Å²) in [4.78, 5) is 25.1. The summed E-state index contributed by atoms with van der Waals surface area (Å²) in [6.07, 6.45) is 8.20. The van der Waals surface area contributed by atoms with E-state index in [1.807, 2.05) is 0 Å². The molecule has 6 heteroatoms. The number of halogens is 1. The van der Waals surface area contributed by atoms with Crippen LogP contribution in [0.15, 0.2) is 6.07 Å². The van der Waals surface area contributed by atoms with Gasteiger partial charge in [-0.15, -0.1) is 11.3 Å². The Balaban J connectivity index is 1.57. The molecule has 0 aromatic carbocycles. The second-order valence-corrected chi connectivity index (χ2v) is 9.20. The van der Waals surface area contributed by atoms with E-state index >= 15 is 0 Å². The molecule has 0 atom stereocenters. The number of thiophene rings is 1. The van der Waals surface area contributed by atoms with Gasteiger partial charge in [-0.3, -0.25) is 9.59 Å². The quantitative estimate of drug-likeness (QED) is 0.808. The summed E-state index contributed by atoms with van der Waals surface area (Å²) >= 11 is 0.955. The summed E-state index contributed by atoms with van der Waals surface area (Å²) < 4.78 is 14.2. The van der Waals surface area contributed by atoms with Gasteiger partial charge in [-0.25, -0.2) is 4.39 Å². The SMILES string of the molecule is CC1CCC(NC(=O)c2cc(F)c(C(=O)NC3CCC(C)CC3)s2)CC1. The minimum Gasteiger partial charge on any atom is -0.349 e. The van der Waals surface area contributed by atoms with Crippen LogP contribution in [0.5, 0.6) is 0 Å². The standard InChI is InChI=1S/C20H29FN2O2S/c1-12-3-7-14(8-4-12)22-19(24)17-11-16(21)18(26-17)20(25)23-15-9-5-13(2)6-10-15/h11-15H,3-10H2,1-2H3,(H,22,24)(H,23,25). The fourth-order valence-electron chi connectivity index (χ4n) is 3.95. The number of rotatable bonds is 4. The topological polar surface area (TPSA) is 58.2 Å². The number of carbonyl (C=O) groups excluding carboxylic acids is 2. The molecule has 4 nitrogen and oxygen atoms in total. The maximum Gasteiger partial charge on any atom is 0.264 e. The maximum absolute atomic E-state index is 14.2. The second kappa shape index (κ2) is 8.51. The van der Waals surface area contributed by atoms with E-state index in [0.717, 1.165) is 62.7 Å². The van der Waals surface area contributed by atoms with Gasteiger partial charge in [-0.2, -0.15) is 0 Å². The van der Waals surface area contributed by atoms with Gasteiger partial charge in [0.1, 0.15) is 10.7 Å². The van der Waals surface area contributed by atoms with Gasteiger partial charge < -0.3 is 10.6 Å². The molecular formula is C20H29FN2O2S. The van der Waals surface area contributed by atoms with Crippen LogP contribution in [0.25, 0.3) is 0 Å². The van der Waals surface area contributed by atoms with E-state index in [-0.39, 0.29) is 27.7 Å². The third-order valence-corrected chi connectivity index (χ3v) is 6.93. The molecule has 1 heterocycles. The van der Waals surface area contributed by atoms with Crippen molar-refractivity contribution in [2.24, 2.45) is 11.8 Å². The van der Waals surface area contributed by atoms with Crippen LogP contribution in [0.4, 0.5) is 4.39 Å². The van der Waals surface area contributed by atoms with Gasteiger partial charge in [0.05, 0.1) is 4.88 Å². The van der Waals surface area contributed by atoms with Crippen LogP contribution in [0.3, 0.4) is 0 Å². The monoisotopic (exact) mass is 380 g/mol. The molecule has 2 amide bonds. The molecule has 1 aromatic heterocycles. The minimum atomic E-state index is -0.598. The molecule has 2 fully saturated rings. The highest BCUT2D eigenvalue weighted by Gasteiger charge is 2.26. The lowest BCUT2D eigenvalue weighted by atomic mass is 9.87. The lowest BCUT2D eigenvalue weighted by Crippen LogP contribution is -2.37. The van der Waals surface area contributed by atoms with E-state index < -0.39 is 11.7 Å². The van der Waals surface area contributed by atoms with Crippen molar-refractivity contribution in [2.45, 2.75) is 77.3 Å². The van der Waals surface area contributed by atoms with Crippen molar-refractivity contribution in [3.63, 3.8) is 0 Å². The lowest BCUT2D eigenvalue weighted by Gasteiger charge is -2.26. The number of amides is 2. The zero-order chi connectivity index (χ0) is 18.7. The minimum absolute atomic E-state index is 0.0195. The first-order valence-corrected chi connectivity index (χ1v) is 10.6. The summed E-state index contributed by atoms with van der Waals surface area (Å²) in [5, 5.41) is 5.93. The first-order valence-electron chi connectivity index (χ1n) is 9.83. The molecule has 0 saturated heterocycles. The molecule has 1 aromatic rings. The normalized spacial score (nSPS) is 29.2. The largest absolute Gasteiger partial charge is 0.349 e. The summed E-state index contributed by atoms with van der Waals surface area (Å²) in [6, 6.07) is 1.47. The predicted molar refractivity (Wildman–Crippen MR) is 102 cm³/mol. The summed E-state index contributed by atoms with van der Waals surface area (Å²) in [7, 11) is 0. The summed E-state index contributed by atoms with van der Waals surface area (Å²) in [5.41, 5.74) is 0. The molecule has 2 aliphatic rings. The van der Waals surface area contributed by atoms with Gasteiger partial charge in [0.2, 0.25) is 0 Å². The van der Waals surface area contributed by atoms with Crippen LogP contribution in [0.1, 0.15) is 84.6 Å². The van der Waals surface area contributed by atoms with Crippen LogP contribution in [-0.2, 0) is 0 Å². The maximum atomic E-state index is 14.2. The molecular weight excluding hydrogens is 351 g/mol. The van der Waals surface area contributed by atoms with Gasteiger partial charge in [-0.1, -0.05) is 13.8 Å². The number of hydrogen-bond donors (Lipinski definition) is 2. The Labute approximate surface area is 158 Å².